The third-order valence-corrected chi connectivity index (χ3v) is 5.01. The summed E-state index contributed by atoms with van der Waals surface area (Å²) in [5.74, 6) is 2.79. The van der Waals surface area contributed by atoms with Gasteiger partial charge in [-0.25, -0.2) is 9.97 Å². The molecule has 1 unspecified atom stereocenters. The van der Waals surface area contributed by atoms with Crippen molar-refractivity contribution in [1.82, 2.24) is 20.2 Å². The molecule has 1 N–H and O–H groups in total. The zero-order valence-electron chi connectivity index (χ0n) is 14.2. The van der Waals surface area contributed by atoms with Crippen LogP contribution in [0, 0.1) is 0 Å². The Morgan fingerprint density at radius 3 is 2.48 bits per heavy atom. The molecule has 0 spiro atoms. The molecule has 0 radical (unpaired) electrons. The lowest BCUT2D eigenvalue weighted by Gasteiger charge is -2.36. The van der Waals surface area contributed by atoms with Crippen molar-refractivity contribution in [2.75, 3.05) is 54.0 Å². The Kier molecular flexibility index (Phi) is 4.60. The van der Waals surface area contributed by atoms with Crippen molar-refractivity contribution in [2.24, 2.45) is 0 Å². The number of rotatable bonds is 4. The molecular weight excluding hydrogens is 318 g/mol. The van der Waals surface area contributed by atoms with Gasteiger partial charge < -0.3 is 19.8 Å². The zero-order valence-corrected chi connectivity index (χ0v) is 14.2. The fourth-order valence-corrected chi connectivity index (χ4v) is 3.62. The molecule has 25 heavy (non-hydrogen) atoms. The van der Waals surface area contributed by atoms with Crippen LogP contribution in [0.5, 0.6) is 0 Å². The van der Waals surface area contributed by atoms with Gasteiger partial charge in [0.2, 0.25) is 0 Å². The van der Waals surface area contributed by atoms with Gasteiger partial charge in [0.1, 0.15) is 18.0 Å². The maximum Gasteiger partial charge on any atom is 0.151 e. The van der Waals surface area contributed by atoms with Gasteiger partial charge >= 0.3 is 0 Å². The molecule has 2 aromatic rings. The zero-order chi connectivity index (χ0) is 17.1. The summed E-state index contributed by atoms with van der Waals surface area (Å²) in [6, 6.07) is 6.13. The molecule has 0 saturated carbocycles. The number of hydrogen-bond donors (Lipinski definition) is 1. The number of hydrogen-bond acceptors (Lipinski definition) is 8. The van der Waals surface area contributed by atoms with Crippen LogP contribution < -0.4 is 14.7 Å². The Morgan fingerprint density at radius 1 is 1.00 bits per heavy atom. The minimum Gasteiger partial charge on any atom is -0.394 e. The van der Waals surface area contributed by atoms with Crippen molar-refractivity contribution >= 4 is 17.5 Å². The Balaban J connectivity index is 1.44. The van der Waals surface area contributed by atoms with E-state index >= 15 is 0 Å². The highest BCUT2D eigenvalue weighted by molar-refractivity contribution is 5.52. The van der Waals surface area contributed by atoms with Gasteiger partial charge in [0, 0.05) is 45.0 Å². The SMILES string of the molecule is OCC1CCCN1c1cc(N2CCN(c3cccnn3)CC2)ncn1. The number of aliphatic hydroxyl groups is 1. The van der Waals surface area contributed by atoms with E-state index in [1.807, 2.05) is 18.2 Å². The number of aromatic nitrogens is 4. The molecule has 2 fully saturated rings. The van der Waals surface area contributed by atoms with E-state index in [1.54, 1.807) is 12.5 Å². The maximum atomic E-state index is 9.54. The summed E-state index contributed by atoms with van der Waals surface area (Å²) in [5.41, 5.74) is 0. The second-order valence-electron chi connectivity index (χ2n) is 6.46. The summed E-state index contributed by atoms with van der Waals surface area (Å²) in [7, 11) is 0. The van der Waals surface area contributed by atoms with Crippen molar-refractivity contribution in [3.8, 4) is 0 Å². The number of aliphatic hydroxyl groups excluding tert-OH is 1. The molecule has 8 nitrogen and oxygen atoms in total. The average molecular weight is 341 g/mol. The lowest BCUT2D eigenvalue weighted by molar-refractivity contribution is 0.266. The summed E-state index contributed by atoms with van der Waals surface area (Å²) >= 11 is 0. The largest absolute Gasteiger partial charge is 0.394 e. The first-order valence-electron chi connectivity index (χ1n) is 8.82. The number of piperazine rings is 1. The molecule has 2 aromatic heterocycles. The average Bonchev–Trinajstić information content (AvgIpc) is 3.18. The van der Waals surface area contributed by atoms with E-state index in [0.29, 0.717) is 0 Å². The topological polar surface area (TPSA) is 81.5 Å². The van der Waals surface area contributed by atoms with Crippen LogP contribution in [0.15, 0.2) is 30.7 Å². The van der Waals surface area contributed by atoms with Gasteiger partial charge in [0.25, 0.3) is 0 Å². The Morgan fingerprint density at radius 2 is 1.76 bits per heavy atom. The molecular formula is C17H23N7O. The molecule has 0 aromatic carbocycles. The minimum absolute atomic E-state index is 0.177. The molecule has 2 aliphatic rings. The molecule has 2 saturated heterocycles. The van der Waals surface area contributed by atoms with Gasteiger partial charge in [-0.2, -0.15) is 5.10 Å². The first-order chi connectivity index (χ1) is 12.3. The second-order valence-corrected chi connectivity index (χ2v) is 6.46. The highest BCUT2D eigenvalue weighted by Gasteiger charge is 2.26. The van der Waals surface area contributed by atoms with Crippen LogP contribution in [0.3, 0.4) is 0 Å². The summed E-state index contributed by atoms with van der Waals surface area (Å²) in [4.78, 5) is 15.6. The Labute approximate surface area is 147 Å². The maximum absolute atomic E-state index is 9.54. The predicted molar refractivity (Wildman–Crippen MR) is 95.9 cm³/mol. The minimum atomic E-state index is 0.177. The summed E-state index contributed by atoms with van der Waals surface area (Å²) < 4.78 is 0. The van der Waals surface area contributed by atoms with Crippen molar-refractivity contribution in [3.63, 3.8) is 0 Å². The van der Waals surface area contributed by atoms with E-state index < -0.39 is 0 Å². The van der Waals surface area contributed by atoms with E-state index in [4.69, 9.17) is 0 Å². The van der Waals surface area contributed by atoms with Gasteiger partial charge in [-0.1, -0.05) is 0 Å². The first-order valence-corrected chi connectivity index (χ1v) is 8.82. The second kappa shape index (κ2) is 7.18. The van der Waals surface area contributed by atoms with Gasteiger partial charge in [0.05, 0.1) is 12.6 Å². The fourth-order valence-electron chi connectivity index (χ4n) is 3.62. The van der Waals surface area contributed by atoms with Crippen LogP contribution in [0.4, 0.5) is 17.5 Å². The number of anilines is 3. The monoisotopic (exact) mass is 341 g/mol. The van der Waals surface area contributed by atoms with E-state index in [1.165, 1.54) is 0 Å². The van der Waals surface area contributed by atoms with Crippen molar-refractivity contribution in [1.29, 1.82) is 0 Å². The quantitative estimate of drug-likeness (QED) is 0.864. The predicted octanol–water partition coefficient (Wildman–Crippen LogP) is 0.554. The third kappa shape index (κ3) is 3.34. The Hall–Kier alpha value is -2.48. The van der Waals surface area contributed by atoms with Crippen LogP contribution in [-0.4, -0.2) is 70.6 Å². The van der Waals surface area contributed by atoms with Crippen LogP contribution in [0.2, 0.25) is 0 Å². The first kappa shape index (κ1) is 16.0. The molecule has 0 amide bonds. The van der Waals surface area contributed by atoms with Gasteiger partial charge in [0.15, 0.2) is 5.82 Å². The fraction of sp³-hybridized carbons (Fsp3) is 0.529. The van der Waals surface area contributed by atoms with Gasteiger partial charge in [-0.15, -0.1) is 5.10 Å². The van der Waals surface area contributed by atoms with E-state index in [9.17, 15) is 5.11 Å². The van der Waals surface area contributed by atoms with Gasteiger partial charge in [-0.3, -0.25) is 0 Å². The van der Waals surface area contributed by atoms with Crippen molar-refractivity contribution < 1.29 is 5.11 Å². The summed E-state index contributed by atoms with van der Waals surface area (Å²) in [5, 5.41) is 17.7. The van der Waals surface area contributed by atoms with Crippen molar-refractivity contribution in [2.45, 2.75) is 18.9 Å². The van der Waals surface area contributed by atoms with Crippen LogP contribution in [-0.2, 0) is 0 Å². The van der Waals surface area contributed by atoms with Gasteiger partial charge in [-0.05, 0) is 25.0 Å². The normalized spacial score (nSPS) is 21.0. The Bertz CT molecular complexity index is 690. The van der Waals surface area contributed by atoms with E-state index in [0.717, 1.165) is 63.0 Å². The number of nitrogens with zero attached hydrogens (tertiary/aromatic N) is 7. The smallest absolute Gasteiger partial charge is 0.151 e. The van der Waals surface area contributed by atoms with E-state index in [2.05, 4.69) is 34.9 Å². The lowest BCUT2D eigenvalue weighted by Crippen LogP contribution is -2.47. The molecule has 4 heterocycles. The molecule has 8 heteroatoms. The molecule has 0 aliphatic carbocycles. The van der Waals surface area contributed by atoms with Crippen LogP contribution >= 0.6 is 0 Å². The summed E-state index contributed by atoms with van der Waals surface area (Å²) in [6.45, 7) is 4.67. The highest BCUT2D eigenvalue weighted by atomic mass is 16.3. The van der Waals surface area contributed by atoms with Crippen LogP contribution in [0.1, 0.15) is 12.8 Å². The molecule has 4 rings (SSSR count). The highest BCUT2D eigenvalue weighted by Crippen LogP contribution is 2.26. The summed E-state index contributed by atoms with van der Waals surface area (Å²) in [6.07, 6.45) is 5.45. The van der Waals surface area contributed by atoms with Crippen LogP contribution in [0.25, 0.3) is 0 Å². The molecule has 132 valence electrons. The third-order valence-electron chi connectivity index (χ3n) is 5.01. The van der Waals surface area contributed by atoms with E-state index in [-0.39, 0.29) is 12.6 Å². The molecule has 0 bridgehead atoms. The molecule has 2 aliphatic heterocycles. The van der Waals surface area contributed by atoms with Crippen molar-refractivity contribution in [3.05, 3.63) is 30.7 Å². The lowest BCUT2D eigenvalue weighted by atomic mass is 10.2. The standard InChI is InChI=1S/C17H23N7O/c25-12-14-3-2-6-24(14)17-11-16(18-13-19-17)23-9-7-22(8-10-23)15-4-1-5-20-21-15/h1,4-5,11,13-14,25H,2-3,6-10,12H2. The molecule has 1 atom stereocenters.